The van der Waals surface area contributed by atoms with Crippen LogP contribution in [0.25, 0.3) is 5.76 Å². The van der Waals surface area contributed by atoms with Gasteiger partial charge < -0.3 is 15.1 Å². The zero-order valence-electron chi connectivity index (χ0n) is 14.4. The summed E-state index contributed by atoms with van der Waals surface area (Å²) in [4.78, 5) is 36.8. The number of aliphatic hydroxyl groups excluding tert-OH is 2. The molecular weight excluding hydrogens is 432 g/mol. The van der Waals surface area contributed by atoms with E-state index in [1.165, 1.54) is 24.3 Å². The lowest BCUT2D eigenvalue weighted by atomic mass is 9.95. The fourth-order valence-corrected chi connectivity index (χ4v) is 3.40. The molecule has 3 rings (SSSR count). The van der Waals surface area contributed by atoms with E-state index in [0.717, 1.165) is 9.37 Å². The first kappa shape index (κ1) is 19.7. The molecule has 0 saturated carbocycles. The zero-order valence-corrected chi connectivity index (χ0v) is 16.0. The number of likely N-dealkylation sites (tertiary alicyclic amines) is 1. The van der Waals surface area contributed by atoms with E-state index in [1.54, 1.807) is 24.3 Å². The average Bonchev–Trinajstić information content (AvgIpc) is 2.93. The van der Waals surface area contributed by atoms with Crippen LogP contribution in [0.1, 0.15) is 17.2 Å². The van der Waals surface area contributed by atoms with Gasteiger partial charge in [0.2, 0.25) is 0 Å². The maximum absolute atomic E-state index is 12.6. The van der Waals surface area contributed by atoms with Crippen LogP contribution in [0.4, 0.5) is 5.69 Å². The Labute approximate surface area is 168 Å². The molecule has 8 nitrogen and oxygen atoms in total. The van der Waals surface area contributed by atoms with Crippen molar-refractivity contribution >= 4 is 39.1 Å². The molecule has 9 heteroatoms. The van der Waals surface area contributed by atoms with Gasteiger partial charge in [0, 0.05) is 28.7 Å². The number of nitrogens with zero attached hydrogens (tertiary/aromatic N) is 2. The molecule has 0 radical (unpaired) electrons. The van der Waals surface area contributed by atoms with Gasteiger partial charge in [-0.15, -0.1) is 0 Å². The summed E-state index contributed by atoms with van der Waals surface area (Å²) in [6.45, 7) is -0.564. The highest BCUT2D eigenvalue weighted by atomic mass is 79.9. The van der Waals surface area contributed by atoms with Crippen LogP contribution in [0.15, 0.2) is 58.6 Å². The van der Waals surface area contributed by atoms with Gasteiger partial charge in [-0.05, 0) is 17.7 Å². The number of β-amino-alcohol motifs (C(OH)–C–C–N with tert-alkyl or cyclic N) is 1. The fraction of sp³-hybridized carbons (Fsp3) is 0.158. The molecule has 1 atom stereocenters. The number of hydrogen-bond acceptors (Lipinski definition) is 6. The summed E-state index contributed by atoms with van der Waals surface area (Å²) < 4.78 is 0.764. The number of non-ortho nitro benzene ring substituents is 1. The Kier molecular flexibility index (Phi) is 5.57. The van der Waals surface area contributed by atoms with Gasteiger partial charge in [0.05, 0.1) is 23.1 Å². The van der Waals surface area contributed by atoms with E-state index in [4.69, 9.17) is 0 Å². The lowest BCUT2D eigenvalue weighted by Gasteiger charge is -2.24. The summed E-state index contributed by atoms with van der Waals surface area (Å²) >= 11 is 3.28. The van der Waals surface area contributed by atoms with Gasteiger partial charge in [-0.3, -0.25) is 19.7 Å². The van der Waals surface area contributed by atoms with E-state index < -0.39 is 29.3 Å². The molecule has 0 aliphatic carbocycles. The van der Waals surface area contributed by atoms with Crippen LogP contribution in [0.2, 0.25) is 0 Å². The molecule has 1 saturated heterocycles. The topological polar surface area (TPSA) is 121 Å². The first-order valence-electron chi connectivity index (χ1n) is 8.24. The van der Waals surface area contributed by atoms with Crippen LogP contribution in [0.3, 0.4) is 0 Å². The predicted octanol–water partition coefficient (Wildman–Crippen LogP) is 2.77. The van der Waals surface area contributed by atoms with Gasteiger partial charge in [0.15, 0.2) is 0 Å². The van der Waals surface area contributed by atoms with Crippen LogP contribution < -0.4 is 0 Å². The Hall–Kier alpha value is -3.04. The highest BCUT2D eigenvalue weighted by molar-refractivity contribution is 9.10. The number of ketones is 1. The van der Waals surface area contributed by atoms with Crippen molar-refractivity contribution in [1.29, 1.82) is 0 Å². The second kappa shape index (κ2) is 7.91. The molecule has 2 N–H and O–H groups in total. The Balaban J connectivity index is 2.20. The van der Waals surface area contributed by atoms with Gasteiger partial charge in [-0.1, -0.05) is 40.2 Å². The molecule has 0 bridgehead atoms. The minimum Gasteiger partial charge on any atom is -0.507 e. The summed E-state index contributed by atoms with van der Waals surface area (Å²) in [5, 5.41) is 31.2. The molecule has 0 spiro atoms. The number of rotatable bonds is 5. The van der Waals surface area contributed by atoms with Crippen molar-refractivity contribution in [3.8, 4) is 0 Å². The molecule has 1 heterocycles. The fourth-order valence-electron chi connectivity index (χ4n) is 3.14. The van der Waals surface area contributed by atoms with Crippen LogP contribution in [0.5, 0.6) is 0 Å². The molecule has 144 valence electrons. The summed E-state index contributed by atoms with van der Waals surface area (Å²) in [5.41, 5.74) is 0.220. The Morgan fingerprint density at radius 1 is 1.18 bits per heavy atom. The Bertz CT molecular complexity index is 986. The van der Waals surface area contributed by atoms with E-state index in [-0.39, 0.29) is 23.6 Å². The smallest absolute Gasteiger partial charge is 0.295 e. The molecule has 1 aliphatic heterocycles. The van der Waals surface area contributed by atoms with E-state index in [0.29, 0.717) is 11.1 Å². The number of nitro benzene ring substituents is 1. The van der Waals surface area contributed by atoms with Gasteiger partial charge in [-0.2, -0.15) is 0 Å². The van der Waals surface area contributed by atoms with Crippen molar-refractivity contribution < 1.29 is 24.7 Å². The summed E-state index contributed by atoms with van der Waals surface area (Å²) in [6, 6.07) is 10.9. The van der Waals surface area contributed by atoms with Crippen LogP contribution in [-0.4, -0.2) is 44.9 Å². The number of carbonyl (C=O) groups is 2. The number of nitro groups is 1. The molecule has 2 aromatic carbocycles. The van der Waals surface area contributed by atoms with Gasteiger partial charge in [0.25, 0.3) is 17.4 Å². The third-order valence-corrected chi connectivity index (χ3v) is 4.92. The highest BCUT2D eigenvalue weighted by Crippen LogP contribution is 2.40. The van der Waals surface area contributed by atoms with Gasteiger partial charge in [-0.25, -0.2) is 0 Å². The van der Waals surface area contributed by atoms with E-state index >= 15 is 0 Å². The van der Waals surface area contributed by atoms with Crippen molar-refractivity contribution in [3.05, 3.63) is 79.8 Å². The quantitative estimate of drug-likeness (QED) is 0.239. The average molecular weight is 447 g/mol. The van der Waals surface area contributed by atoms with Gasteiger partial charge >= 0.3 is 0 Å². The maximum Gasteiger partial charge on any atom is 0.295 e. The SMILES string of the molecule is O=C1C(=O)N(CCO)[C@H](c2cccc([N+](=O)[O-])c2)C1=C(O)c1ccc(Br)cc1. The lowest BCUT2D eigenvalue weighted by molar-refractivity contribution is -0.384. The molecule has 1 aliphatic rings. The summed E-state index contributed by atoms with van der Waals surface area (Å²) in [7, 11) is 0. The van der Waals surface area contributed by atoms with Crippen LogP contribution in [0, 0.1) is 10.1 Å². The zero-order chi connectivity index (χ0) is 20.4. The number of amides is 1. The molecule has 1 fully saturated rings. The number of aliphatic hydroxyl groups is 2. The molecule has 0 unspecified atom stereocenters. The highest BCUT2D eigenvalue weighted by Gasteiger charge is 2.46. The molecular formula is C19H15BrN2O6. The third-order valence-electron chi connectivity index (χ3n) is 4.40. The van der Waals surface area contributed by atoms with E-state index in [2.05, 4.69) is 15.9 Å². The molecule has 2 aromatic rings. The Morgan fingerprint density at radius 3 is 2.46 bits per heavy atom. The third kappa shape index (κ3) is 3.54. The minimum atomic E-state index is -1.05. The largest absolute Gasteiger partial charge is 0.507 e. The monoisotopic (exact) mass is 446 g/mol. The molecule has 1 amide bonds. The number of benzene rings is 2. The number of hydrogen-bond donors (Lipinski definition) is 2. The second-order valence-corrected chi connectivity index (χ2v) is 6.99. The Morgan fingerprint density at radius 2 is 1.86 bits per heavy atom. The van der Waals surface area contributed by atoms with Crippen molar-refractivity contribution in [2.45, 2.75) is 6.04 Å². The van der Waals surface area contributed by atoms with Crippen molar-refractivity contribution in [1.82, 2.24) is 4.90 Å². The molecule has 28 heavy (non-hydrogen) atoms. The van der Waals surface area contributed by atoms with E-state index in [1.807, 2.05) is 0 Å². The number of halogens is 1. The van der Waals surface area contributed by atoms with Gasteiger partial charge in [0.1, 0.15) is 5.76 Å². The lowest BCUT2D eigenvalue weighted by Crippen LogP contribution is -2.32. The number of Topliss-reactive ketones (excluding diaryl/α,β-unsaturated/α-hetero) is 1. The summed E-state index contributed by atoms with van der Waals surface area (Å²) in [6.07, 6.45) is 0. The standard InChI is InChI=1S/C19H15BrN2O6/c20-13-6-4-11(5-7-13)17(24)15-16(21(8-9-23)19(26)18(15)25)12-2-1-3-14(10-12)22(27)28/h1-7,10,16,23-24H,8-9H2/t16-/m1/s1. The van der Waals surface area contributed by atoms with Crippen molar-refractivity contribution in [3.63, 3.8) is 0 Å². The predicted molar refractivity (Wildman–Crippen MR) is 103 cm³/mol. The maximum atomic E-state index is 12.6. The first-order chi connectivity index (χ1) is 13.3. The summed E-state index contributed by atoms with van der Waals surface area (Å²) in [5.74, 6) is -2.18. The first-order valence-corrected chi connectivity index (χ1v) is 9.04. The van der Waals surface area contributed by atoms with Crippen molar-refractivity contribution in [2.24, 2.45) is 0 Å². The minimum absolute atomic E-state index is 0.158. The second-order valence-electron chi connectivity index (χ2n) is 6.08. The van der Waals surface area contributed by atoms with Crippen molar-refractivity contribution in [2.75, 3.05) is 13.2 Å². The normalized spacial score (nSPS) is 18.5. The van der Waals surface area contributed by atoms with Crippen LogP contribution in [-0.2, 0) is 9.59 Å². The van der Waals surface area contributed by atoms with E-state index in [9.17, 15) is 29.9 Å². The molecule has 0 aromatic heterocycles. The number of carbonyl (C=O) groups excluding carboxylic acids is 2. The van der Waals surface area contributed by atoms with Crippen LogP contribution >= 0.6 is 15.9 Å².